The molecular formula is C21H27FN6O2. The highest BCUT2D eigenvalue weighted by Gasteiger charge is 2.25. The van der Waals surface area contributed by atoms with E-state index in [4.69, 9.17) is 10.5 Å². The Morgan fingerprint density at radius 2 is 2.17 bits per heavy atom. The van der Waals surface area contributed by atoms with Crippen molar-refractivity contribution >= 4 is 17.7 Å². The lowest BCUT2D eigenvalue weighted by atomic mass is 10.1. The number of nitrogens with one attached hydrogen (secondary N) is 2. The maximum Gasteiger partial charge on any atom is 0.255 e. The number of guanidine groups is 1. The number of nitrogens with two attached hydrogens (primary N) is 1. The minimum absolute atomic E-state index is 0.130. The van der Waals surface area contributed by atoms with Crippen LogP contribution in [-0.4, -0.2) is 56.2 Å². The fourth-order valence-electron chi connectivity index (χ4n) is 3.30. The fourth-order valence-corrected chi connectivity index (χ4v) is 3.30. The van der Waals surface area contributed by atoms with Crippen molar-refractivity contribution in [1.29, 1.82) is 0 Å². The lowest BCUT2D eigenvalue weighted by Crippen LogP contribution is -2.45. The number of hydrogen-bond donors (Lipinski definition) is 3. The third kappa shape index (κ3) is 6.07. The van der Waals surface area contributed by atoms with Crippen molar-refractivity contribution in [2.45, 2.75) is 18.9 Å². The molecule has 0 bridgehead atoms. The second kappa shape index (κ2) is 10.4. The number of hydrogen-bond acceptors (Lipinski definition) is 5. The van der Waals surface area contributed by atoms with Gasteiger partial charge in [-0.3, -0.25) is 9.79 Å². The third-order valence-electron chi connectivity index (χ3n) is 4.80. The molecule has 30 heavy (non-hydrogen) atoms. The average molecular weight is 414 g/mol. The number of carbonyl (C=O) groups is 1. The Kier molecular flexibility index (Phi) is 7.42. The molecule has 0 aliphatic carbocycles. The van der Waals surface area contributed by atoms with E-state index >= 15 is 0 Å². The molecule has 1 saturated heterocycles. The van der Waals surface area contributed by atoms with Crippen LogP contribution in [0.5, 0.6) is 5.75 Å². The predicted molar refractivity (Wildman–Crippen MR) is 114 cm³/mol. The Labute approximate surface area is 175 Å². The van der Waals surface area contributed by atoms with Gasteiger partial charge in [-0.15, -0.1) is 0 Å². The summed E-state index contributed by atoms with van der Waals surface area (Å²) in [5.74, 6) is 0.917. The summed E-state index contributed by atoms with van der Waals surface area (Å²) in [6, 6.07) is 10.7. The Bertz CT molecular complexity index is 874. The van der Waals surface area contributed by atoms with Crippen LogP contribution in [0, 0.1) is 5.82 Å². The van der Waals surface area contributed by atoms with Crippen LogP contribution in [0.25, 0.3) is 0 Å². The molecule has 1 aromatic carbocycles. The van der Waals surface area contributed by atoms with E-state index in [1.165, 1.54) is 6.07 Å². The van der Waals surface area contributed by atoms with Gasteiger partial charge in [0.2, 0.25) is 0 Å². The number of aliphatic imine (C=N–C) groups is 1. The summed E-state index contributed by atoms with van der Waals surface area (Å²) in [5, 5.41) is 6.69. The van der Waals surface area contributed by atoms with Crippen molar-refractivity contribution in [3.8, 4) is 5.75 Å². The van der Waals surface area contributed by atoms with Crippen molar-refractivity contribution in [2.75, 3.05) is 38.2 Å². The van der Waals surface area contributed by atoms with Gasteiger partial charge in [0, 0.05) is 38.9 Å². The lowest BCUT2D eigenvalue weighted by Gasteiger charge is -2.20. The molecule has 1 fully saturated rings. The van der Waals surface area contributed by atoms with Crippen molar-refractivity contribution in [2.24, 2.45) is 10.7 Å². The maximum atomic E-state index is 13.9. The van der Waals surface area contributed by atoms with Crippen LogP contribution in [-0.2, 0) is 11.2 Å². The fraction of sp³-hybridized carbons (Fsp3) is 0.381. The molecule has 1 aromatic heterocycles. The number of amides is 1. The quantitative estimate of drug-likeness (QED) is 0.441. The Morgan fingerprint density at radius 3 is 2.87 bits per heavy atom. The van der Waals surface area contributed by atoms with Gasteiger partial charge in [0.25, 0.3) is 5.91 Å². The molecule has 9 heteroatoms. The van der Waals surface area contributed by atoms with Gasteiger partial charge in [0.15, 0.2) is 24.2 Å². The summed E-state index contributed by atoms with van der Waals surface area (Å²) in [4.78, 5) is 21.1. The topological polar surface area (TPSA) is 105 Å². The summed E-state index contributed by atoms with van der Waals surface area (Å²) >= 11 is 0. The molecule has 2 heterocycles. The van der Waals surface area contributed by atoms with Crippen LogP contribution in [0.4, 0.5) is 10.2 Å². The summed E-state index contributed by atoms with van der Waals surface area (Å²) in [6.07, 6.45) is 3.28. The first-order valence-corrected chi connectivity index (χ1v) is 9.88. The number of primary amides is 1. The normalized spacial score (nSPS) is 16.4. The summed E-state index contributed by atoms with van der Waals surface area (Å²) in [6.45, 7) is 1.98. The smallest absolute Gasteiger partial charge is 0.255 e. The van der Waals surface area contributed by atoms with Crippen molar-refractivity contribution < 1.29 is 13.9 Å². The Hall–Kier alpha value is -3.36. The molecule has 0 saturated carbocycles. The molecular weight excluding hydrogens is 387 g/mol. The zero-order chi connectivity index (χ0) is 21.3. The first kappa shape index (κ1) is 21.4. The van der Waals surface area contributed by atoms with Crippen molar-refractivity contribution in [3.05, 3.63) is 54.0 Å². The van der Waals surface area contributed by atoms with Gasteiger partial charge in [0.05, 0.1) is 0 Å². The molecule has 4 N–H and O–H groups in total. The van der Waals surface area contributed by atoms with Crippen LogP contribution in [0.2, 0.25) is 0 Å². The number of rotatable bonds is 8. The lowest BCUT2D eigenvalue weighted by molar-refractivity contribution is -0.119. The average Bonchev–Trinajstić information content (AvgIpc) is 3.21. The standard InChI is InChI=1S/C21H27FN6O2/c1-24-21(26-11-8-15-4-6-17(7-5-15)30-14-19(23)29)27-16-9-12-28(13-16)20-18(22)3-2-10-25-20/h2-7,10,16H,8-9,11-14H2,1H3,(H2,23,29)(H2,24,26,27). The third-order valence-corrected chi connectivity index (χ3v) is 4.80. The number of pyridine rings is 1. The van der Waals surface area contributed by atoms with E-state index in [-0.39, 0.29) is 18.5 Å². The second-order valence-electron chi connectivity index (χ2n) is 7.03. The van der Waals surface area contributed by atoms with Gasteiger partial charge >= 0.3 is 0 Å². The number of nitrogens with zero attached hydrogens (tertiary/aromatic N) is 3. The number of ether oxygens (including phenoxy) is 1. The van der Waals surface area contributed by atoms with Gasteiger partial charge in [0.1, 0.15) is 5.75 Å². The zero-order valence-corrected chi connectivity index (χ0v) is 17.0. The molecule has 8 nitrogen and oxygen atoms in total. The monoisotopic (exact) mass is 414 g/mol. The number of carbonyl (C=O) groups excluding carboxylic acids is 1. The number of benzene rings is 1. The highest BCUT2D eigenvalue weighted by Crippen LogP contribution is 2.20. The van der Waals surface area contributed by atoms with Crippen LogP contribution >= 0.6 is 0 Å². The van der Waals surface area contributed by atoms with Crippen LogP contribution < -0.4 is 26.0 Å². The van der Waals surface area contributed by atoms with E-state index in [0.29, 0.717) is 30.6 Å². The van der Waals surface area contributed by atoms with Crippen LogP contribution in [0.3, 0.4) is 0 Å². The molecule has 1 aliphatic heterocycles. The Morgan fingerprint density at radius 1 is 1.37 bits per heavy atom. The molecule has 2 aromatic rings. The van der Waals surface area contributed by atoms with E-state index in [9.17, 15) is 9.18 Å². The number of aromatic nitrogens is 1. The largest absolute Gasteiger partial charge is 0.484 e. The van der Waals surface area contributed by atoms with E-state index in [1.807, 2.05) is 29.2 Å². The summed E-state index contributed by atoms with van der Waals surface area (Å²) < 4.78 is 19.2. The van der Waals surface area contributed by atoms with Crippen molar-refractivity contribution in [3.63, 3.8) is 0 Å². The van der Waals surface area contributed by atoms with Gasteiger partial charge in [-0.2, -0.15) is 0 Å². The van der Waals surface area contributed by atoms with E-state index in [0.717, 1.165) is 24.9 Å². The minimum Gasteiger partial charge on any atom is -0.484 e. The maximum absolute atomic E-state index is 13.9. The molecule has 1 atom stereocenters. The van der Waals surface area contributed by atoms with Gasteiger partial charge in [-0.1, -0.05) is 12.1 Å². The molecule has 1 unspecified atom stereocenters. The molecule has 1 aliphatic rings. The molecule has 0 spiro atoms. The van der Waals surface area contributed by atoms with Crippen LogP contribution in [0.15, 0.2) is 47.6 Å². The minimum atomic E-state index is -0.502. The van der Waals surface area contributed by atoms with E-state index in [2.05, 4.69) is 20.6 Å². The molecule has 160 valence electrons. The number of halogens is 1. The van der Waals surface area contributed by atoms with Gasteiger partial charge < -0.3 is 26.0 Å². The molecule has 3 rings (SSSR count). The highest BCUT2D eigenvalue weighted by atomic mass is 19.1. The SMILES string of the molecule is CN=C(NCCc1ccc(OCC(N)=O)cc1)NC1CCN(c2ncccc2F)C1. The molecule has 0 radical (unpaired) electrons. The highest BCUT2D eigenvalue weighted by molar-refractivity contribution is 5.80. The van der Waals surface area contributed by atoms with Gasteiger partial charge in [-0.25, -0.2) is 9.37 Å². The second-order valence-corrected chi connectivity index (χ2v) is 7.03. The first-order chi connectivity index (χ1) is 14.5. The first-order valence-electron chi connectivity index (χ1n) is 9.88. The van der Waals surface area contributed by atoms with E-state index in [1.54, 1.807) is 19.3 Å². The Balaban J connectivity index is 1.42. The number of anilines is 1. The van der Waals surface area contributed by atoms with Crippen molar-refractivity contribution in [1.82, 2.24) is 15.6 Å². The van der Waals surface area contributed by atoms with Gasteiger partial charge in [-0.05, 0) is 42.7 Å². The predicted octanol–water partition coefficient (Wildman–Crippen LogP) is 1.07. The zero-order valence-electron chi connectivity index (χ0n) is 17.0. The molecule has 1 amide bonds. The van der Waals surface area contributed by atoms with E-state index < -0.39 is 5.91 Å². The van der Waals surface area contributed by atoms with Crippen LogP contribution in [0.1, 0.15) is 12.0 Å². The summed E-state index contributed by atoms with van der Waals surface area (Å²) in [7, 11) is 1.73. The summed E-state index contributed by atoms with van der Waals surface area (Å²) in [5.41, 5.74) is 6.19.